The fraction of sp³-hybridized carbons (Fsp3) is 0.143. The van der Waals surface area contributed by atoms with Crippen LogP contribution in [-0.2, 0) is 10.0 Å². The second-order valence-electron chi connectivity index (χ2n) is 4.52. The van der Waals surface area contributed by atoms with E-state index in [2.05, 4.69) is 36.6 Å². The van der Waals surface area contributed by atoms with Crippen molar-refractivity contribution in [2.75, 3.05) is 4.72 Å². The molecule has 0 aromatic heterocycles. The number of phenols is 1. The van der Waals surface area contributed by atoms with Crippen LogP contribution in [0.4, 0.5) is 5.69 Å². The van der Waals surface area contributed by atoms with Gasteiger partial charge in [0.1, 0.15) is 5.75 Å². The van der Waals surface area contributed by atoms with Crippen LogP contribution in [0.25, 0.3) is 0 Å². The summed E-state index contributed by atoms with van der Waals surface area (Å²) in [5, 5.41) is 9.94. The predicted molar refractivity (Wildman–Crippen MR) is 90.2 cm³/mol. The van der Waals surface area contributed by atoms with Gasteiger partial charge < -0.3 is 5.11 Å². The molecule has 0 heterocycles. The Morgan fingerprint density at radius 1 is 1.00 bits per heavy atom. The van der Waals surface area contributed by atoms with E-state index in [-0.39, 0.29) is 10.6 Å². The van der Waals surface area contributed by atoms with Crippen molar-refractivity contribution in [2.45, 2.75) is 18.7 Å². The Morgan fingerprint density at radius 3 is 1.95 bits per heavy atom. The highest BCUT2D eigenvalue weighted by Gasteiger charge is 2.21. The molecule has 2 N–H and O–H groups in total. The van der Waals surface area contributed by atoms with E-state index in [1.165, 1.54) is 12.1 Å². The molecule has 0 saturated heterocycles. The summed E-state index contributed by atoms with van der Waals surface area (Å²) in [6.07, 6.45) is 0. The molecule has 0 amide bonds. The summed E-state index contributed by atoms with van der Waals surface area (Å²) >= 11 is 6.53. The number of phenolic OH excluding ortho intramolecular Hbond substituents is 1. The molecule has 2 aromatic carbocycles. The zero-order chi connectivity index (χ0) is 15.8. The van der Waals surface area contributed by atoms with Crippen LogP contribution in [0.5, 0.6) is 5.75 Å². The van der Waals surface area contributed by atoms with Crippen LogP contribution in [-0.4, -0.2) is 13.5 Å². The summed E-state index contributed by atoms with van der Waals surface area (Å²) in [7, 11) is -3.68. The van der Waals surface area contributed by atoms with E-state index in [0.717, 1.165) is 0 Å². The van der Waals surface area contributed by atoms with Crippen LogP contribution in [0.1, 0.15) is 11.1 Å². The average Bonchev–Trinajstić information content (AvgIpc) is 2.48. The van der Waals surface area contributed by atoms with Gasteiger partial charge in [0.2, 0.25) is 0 Å². The largest absolute Gasteiger partial charge is 0.506 e. The lowest BCUT2D eigenvalue weighted by atomic mass is 10.1. The second kappa shape index (κ2) is 5.98. The molecule has 2 rings (SSSR count). The van der Waals surface area contributed by atoms with Crippen molar-refractivity contribution in [1.82, 2.24) is 0 Å². The van der Waals surface area contributed by atoms with Gasteiger partial charge >= 0.3 is 0 Å². The van der Waals surface area contributed by atoms with Crippen LogP contribution in [0.2, 0.25) is 0 Å². The fourth-order valence-corrected chi connectivity index (χ4v) is 4.17. The van der Waals surface area contributed by atoms with Crippen molar-refractivity contribution >= 4 is 47.6 Å². The normalized spacial score (nSPS) is 11.4. The zero-order valence-electron chi connectivity index (χ0n) is 11.3. The quantitative estimate of drug-likeness (QED) is 0.706. The Balaban J connectivity index is 2.55. The number of benzene rings is 2. The van der Waals surface area contributed by atoms with Gasteiger partial charge in [-0.15, -0.1) is 0 Å². The SMILES string of the molecule is Cc1c(Br)c(O)c(Br)c(C)c1NS(=O)(=O)c1ccccc1. The van der Waals surface area contributed by atoms with Crippen LogP contribution in [0, 0.1) is 13.8 Å². The van der Waals surface area contributed by atoms with Gasteiger partial charge in [0.25, 0.3) is 10.0 Å². The lowest BCUT2D eigenvalue weighted by Crippen LogP contribution is -2.15. The van der Waals surface area contributed by atoms with Gasteiger partial charge in [0, 0.05) is 0 Å². The third kappa shape index (κ3) is 3.09. The first-order chi connectivity index (χ1) is 9.75. The Kier molecular flexibility index (Phi) is 4.65. The highest BCUT2D eigenvalue weighted by atomic mass is 79.9. The maximum absolute atomic E-state index is 12.4. The summed E-state index contributed by atoms with van der Waals surface area (Å²) in [6, 6.07) is 8.13. The number of sulfonamides is 1. The van der Waals surface area contributed by atoms with Crippen molar-refractivity contribution in [2.24, 2.45) is 0 Å². The van der Waals surface area contributed by atoms with E-state index in [0.29, 0.717) is 25.8 Å². The molecule has 0 atom stereocenters. The monoisotopic (exact) mass is 433 g/mol. The minimum atomic E-state index is -3.68. The molecule has 0 fully saturated rings. The van der Waals surface area contributed by atoms with Crippen LogP contribution in [0.3, 0.4) is 0 Å². The van der Waals surface area contributed by atoms with Gasteiger partial charge in [0.05, 0.1) is 19.5 Å². The average molecular weight is 435 g/mol. The van der Waals surface area contributed by atoms with Crippen molar-refractivity contribution in [3.8, 4) is 5.75 Å². The molecule has 0 bridgehead atoms. The minimum Gasteiger partial charge on any atom is -0.506 e. The van der Waals surface area contributed by atoms with E-state index >= 15 is 0 Å². The van der Waals surface area contributed by atoms with Crippen LogP contribution in [0.15, 0.2) is 44.2 Å². The Morgan fingerprint density at radius 2 is 1.48 bits per heavy atom. The molecule has 2 aromatic rings. The number of hydrogen-bond donors (Lipinski definition) is 2. The Bertz CT molecular complexity index is 761. The van der Waals surface area contributed by atoms with Crippen LogP contribution >= 0.6 is 31.9 Å². The lowest BCUT2D eigenvalue weighted by Gasteiger charge is -2.17. The van der Waals surface area contributed by atoms with Gasteiger partial charge in [-0.3, -0.25) is 4.72 Å². The summed E-state index contributed by atoms with van der Waals surface area (Å²) in [5.74, 6) is 0.0488. The first kappa shape index (κ1) is 16.3. The van der Waals surface area contributed by atoms with Crippen LogP contribution < -0.4 is 4.72 Å². The van der Waals surface area contributed by atoms with Gasteiger partial charge in [-0.1, -0.05) is 18.2 Å². The van der Waals surface area contributed by atoms with Gasteiger partial charge in [-0.05, 0) is 69.0 Å². The third-order valence-corrected chi connectivity index (χ3v) is 6.42. The Hall–Kier alpha value is -1.05. The molecule has 0 spiro atoms. The molecule has 21 heavy (non-hydrogen) atoms. The zero-order valence-corrected chi connectivity index (χ0v) is 15.3. The fourth-order valence-electron chi connectivity index (χ4n) is 1.90. The number of aromatic hydroxyl groups is 1. The van der Waals surface area contributed by atoms with E-state index in [1.54, 1.807) is 32.0 Å². The highest BCUT2D eigenvalue weighted by molar-refractivity contribution is 9.11. The van der Waals surface area contributed by atoms with E-state index in [1.807, 2.05) is 0 Å². The Labute approximate surface area is 140 Å². The van der Waals surface area contributed by atoms with Gasteiger partial charge in [-0.25, -0.2) is 8.42 Å². The molecule has 0 unspecified atom stereocenters. The summed E-state index contributed by atoms with van der Waals surface area (Å²) in [5.41, 5.74) is 1.68. The van der Waals surface area contributed by atoms with Crippen molar-refractivity contribution in [3.05, 3.63) is 50.4 Å². The third-order valence-electron chi connectivity index (χ3n) is 3.11. The van der Waals surface area contributed by atoms with Gasteiger partial charge in [-0.2, -0.15) is 0 Å². The number of nitrogens with one attached hydrogen (secondary N) is 1. The molecular weight excluding hydrogens is 422 g/mol. The van der Waals surface area contributed by atoms with E-state index in [9.17, 15) is 13.5 Å². The van der Waals surface area contributed by atoms with Crippen molar-refractivity contribution < 1.29 is 13.5 Å². The number of anilines is 1. The molecule has 7 heteroatoms. The lowest BCUT2D eigenvalue weighted by molar-refractivity contribution is 0.467. The molecule has 0 radical (unpaired) electrons. The topological polar surface area (TPSA) is 66.4 Å². The first-order valence-corrected chi connectivity index (χ1v) is 9.07. The number of halogens is 2. The smallest absolute Gasteiger partial charge is 0.261 e. The van der Waals surface area contributed by atoms with E-state index in [4.69, 9.17) is 0 Å². The standard InChI is InChI=1S/C14H13Br2NO3S/c1-8-11(15)14(18)12(16)9(2)13(8)17-21(19,20)10-6-4-3-5-7-10/h3-7,17-18H,1-2H3. The minimum absolute atomic E-state index is 0.0488. The molecule has 0 saturated carbocycles. The highest BCUT2D eigenvalue weighted by Crippen LogP contribution is 2.42. The van der Waals surface area contributed by atoms with Gasteiger partial charge in [0.15, 0.2) is 0 Å². The first-order valence-electron chi connectivity index (χ1n) is 6.00. The van der Waals surface area contributed by atoms with E-state index < -0.39 is 10.0 Å². The molecule has 4 nitrogen and oxygen atoms in total. The number of hydrogen-bond acceptors (Lipinski definition) is 3. The maximum atomic E-state index is 12.4. The molecule has 0 aliphatic heterocycles. The molecule has 112 valence electrons. The predicted octanol–water partition coefficient (Wildman–Crippen LogP) is 4.33. The summed E-state index contributed by atoms with van der Waals surface area (Å²) in [6.45, 7) is 3.46. The maximum Gasteiger partial charge on any atom is 0.261 e. The van der Waals surface area contributed by atoms with Crippen molar-refractivity contribution in [3.63, 3.8) is 0 Å². The summed E-state index contributed by atoms with van der Waals surface area (Å²) < 4.78 is 28.3. The second-order valence-corrected chi connectivity index (χ2v) is 7.79. The summed E-state index contributed by atoms with van der Waals surface area (Å²) in [4.78, 5) is 0.184. The number of rotatable bonds is 3. The molecule has 0 aliphatic rings. The van der Waals surface area contributed by atoms with Crippen molar-refractivity contribution in [1.29, 1.82) is 0 Å². The molecular formula is C14H13Br2NO3S. The molecule has 0 aliphatic carbocycles.